The number of carbonyl (C=O) groups excluding carboxylic acids is 1. The van der Waals surface area contributed by atoms with Crippen molar-refractivity contribution in [1.82, 2.24) is 4.90 Å². The van der Waals surface area contributed by atoms with Crippen molar-refractivity contribution in [3.05, 3.63) is 20.3 Å². The van der Waals surface area contributed by atoms with Gasteiger partial charge in [0.15, 0.2) is 9.84 Å². The Balaban J connectivity index is 2.25. The van der Waals surface area contributed by atoms with Crippen LogP contribution in [-0.2, 0) is 9.84 Å². The van der Waals surface area contributed by atoms with E-state index in [1.165, 1.54) is 16.2 Å². The fourth-order valence-corrected chi connectivity index (χ4v) is 5.41. The van der Waals surface area contributed by atoms with Gasteiger partial charge < -0.3 is 4.90 Å². The molecular formula is C13H14BrNO3S2. The van der Waals surface area contributed by atoms with Gasteiger partial charge in [-0.1, -0.05) is 5.92 Å². The normalized spacial score (nSPS) is 20.6. The topological polar surface area (TPSA) is 54.5 Å². The molecule has 0 N–H and O–H groups in total. The summed E-state index contributed by atoms with van der Waals surface area (Å²) in [7, 11) is -3.05. The van der Waals surface area contributed by atoms with Crippen LogP contribution < -0.4 is 0 Å². The SMILES string of the molecule is C#CCN(C(=O)c1cc(C)c(Br)s1)C1CCS(=O)(=O)C1. The molecule has 1 saturated heterocycles. The van der Waals surface area contributed by atoms with Crippen LogP contribution >= 0.6 is 27.3 Å². The van der Waals surface area contributed by atoms with Gasteiger partial charge in [-0.25, -0.2) is 8.42 Å². The van der Waals surface area contributed by atoms with Gasteiger partial charge in [0.05, 0.1) is 26.7 Å². The number of hydrogen-bond acceptors (Lipinski definition) is 4. The number of sulfone groups is 1. The van der Waals surface area contributed by atoms with Crippen LogP contribution in [0.2, 0.25) is 0 Å². The van der Waals surface area contributed by atoms with Crippen LogP contribution in [0.1, 0.15) is 21.7 Å². The number of nitrogens with zero attached hydrogens (tertiary/aromatic N) is 1. The maximum Gasteiger partial charge on any atom is 0.265 e. The molecule has 0 aromatic carbocycles. The number of thiophene rings is 1. The highest BCUT2D eigenvalue weighted by atomic mass is 79.9. The van der Waals surface area contributed by atoms with Crippen LogP contribution in [-0.4, -0.2) is 43.3 Å². The van der Waals surface area contributed by atoms with Crippen molar-refractivity contribution in [3.63, 3.8) is 0 Å². The summed E-state index contributed by atoms with van der Waals surface area (Å²) in [5.74, 6) is 2.39. The van der Waals surface area contributed by atoms with Crippen LogP contribution in [0, 0.1) is 19.3 Å². The fourth-order valence-electron chi connectivity index (χ4n) is 2.19. The van der Waals surface area contributed by atoms with Crippen molar-refractivity contribution in [3.8, 4) is 12.3 Å². The van der Waals surface area contributed by atoms with E-state index >= 15 is 0 Å². The lowest BCUT2D eigenvalue weighted by Crippen LogP contribution is -2.41. The predicted molar refractivity (Wildman–Crippen MR) is 83.7 cm³/mol. The smallest absolute Gasteiger partial charge is 0.265 e. The molecule has 0 radical (unpaired) electrons. The van der Waals surface area contributed by atoms with E-state index in [2.05, 4.69) is 21.9 Å². The maximum absolute atomic E-state index is 12.5. The minimum absolute atomic E-state index is 0.00590. The Hall–Kier alpha value is -0.840. The number of terminal acetylenes is 1. The van der Waals surface area contributed by atoms with E-state index in [1.807, 2.05) is 6.92 Å². The molecule has 1 atom stereocenters. The molecule has 0 bridgehead atoms. The first-order valence-corrected chi connectivity index (χ1v) is 9.48. The van der Waals surface area contributed by atoms with Crippen LogP contribution in [0.5, 0.6) is 0 Å². The van der Waals surface area contributed by atoms with Crippen LogP contribution in [0.25, 0.3) is 0 Å². The zero-order chi connectivity index (χ0) is 14.9. The van der Waals surface area contributed by atoms with Gasteiger partial charge in [0, 0.05) is 6.04 Å². The molecule has 1 unspecified atom stereocenters. The first-order valence-electron chi connectivity index (χ1n) is 6.05. The summed E-state index contributed by atoms with van der Waals surface area (Å²) in [6.45, 7) is 2.04. The second kappa shape index (κ2) is 5.88. The van der Waals surface area contributed by atoms with Gasteiger partial charge >= 0.3 is 0 Å². The molecule has 108 valence electrons. The number of halogens is 1. The quantitative estimate of drug-likeness (QED) is 0.759. The van der Waals surface area contributed by atoms with Gasteiger partial charge in [-0.2, -0.15) is 0 Å². The Labute approximate surface area is 131 Å². The van der Waals surface area contributed by atoms with E-state index in [0.29, 0.717) is 11.3 Å². The van der Waals surface area contributed by atoms with Crippen molar-refractivity contribution in [1.29, 1.82) is 0 Å². The third kappa shape index (κ3) is 3.25. The summed E-state index contributed by atoms with van der Waals surface area (Å²) in [6, 6.07) is 1.48. The van der Waals surface area contributed by atoms with E-state index in [1.54, 1.807) is 6.07 Å². The molecule has 2 rings (SSSR count). The second-order valence-corrected chi connectivity index (χ2v) is 9.36. The lowest BCUT2D eigenvalue weighted by Gasteiger charge is -2.25. The van der Waals surface area contributed by atoms with Gasteiger partial charge in [-0.3, -0.25) is 4.79 Å². The Bertz CT molecular complexity index is 653. The van der Waals surface area contributed by atoms with Crippen molar-refractivity contribution in [2.24, 2.45) is 0 Å². The summed E-state index contributed by atoms with van der Waals surface area (Å²) in [5, 5.41) is 0. The molecule has 0 saturated carbocycles. The largest absolute Gasteiger partial charge is 0.323 e. The monoisotopic (exact) mass is 375 g/mol. The number of aryl methyl sites for hydroxylation is 1. The second-order valence-electron chi connectivity index (χ2n) is 4.76. The van der Waals surface area contributed by atoms with E-state index in [9.17, 15) is 13.2 Å². The molecule has 0 aliphatic carbocycles. The number of hydrogen-bond donors (Lipinski definition) is 0. The molecule has 2 heterocycles. The van der Waals surface area contributed by atoms with E-state index in [-0.39, 0.29) is 30.0 Å². The Morgan fingerprint density at radius 1 is 1.65 bits per heavy atom. The minimum atomic E-state index is -3.05. The summed E-state index contributed by atoms with van der Waals surface area (Å²) >= 11 is 4.73. The lowest BCUT2D eigenvalue weighted by atomic mass is 10.2. The van der Waals surface area contributed by atoms with Gasteiger partial charge in [-0.05, 0) is 40.9 Å². The van der Waals surface area contributed by atoms with Crippen molar-refractivity contribution < 1.29 is 13.2 Å². The van der Waals surface area contributed by atoms with Crippen LogP contribution in [0.3, 0.4) is 0 Å². The van der Waals surface area contributed by atoms with Gasteiger partial charge in [0.25, 0.3) is 5.91 Å². The first kappa shape index (κ1) is 15.5. The van der Waals surface area contributed by atoms with Crippen molar-refractivity contribution in [2.45, 2.75) is 19.4 Å². The summed E-state index contributed by atoms with van der Waals surface area (Å²) in [5.41, 5.74) is 0.984. The highest BCUT2D eigenvalue weighted by Crippen LogP contribution is 2.29. The van der Waals surface area contributed by atoms with E-state index in [4.69, 9.17) is 6.42 Å². The van der Waals surface area contributed by atoms with E-state index < -0.39 is 9.84 Å². The molecule has 1 aromatic heterocycles. The van der Waals surface area contributed by atoms with Crippen LogP contribution in [0.4, 0.5) is 0 Å². The number of carbonyl (C=O) groups is 1. The molecule has 7 heteroatoms. The zero-order valence-electron chi connectivity index (χ0n) is 10.9. The third-order valence-corrected chi connectivity index (χ3v) is 7.11. The van der Waals surface area contributed by atoms with E-state index in [0.717, 1.165) is 9.35 Å². The van der Waals surface area contributed by atoms with Gasteiger partial charge in [0.1, 0.15) is 0 Å². The van der Waals surface area contributed by atoms with Crippen LogP contribution in [0.15, 0.2) is 9.85 Å². The molecule has 1 fully saturated rings. The summed E-state index contributed by atoms with van der Waals surface area (Å²) in [6.07, 6.45) is 5.78. The number of amides is 1. The van der Waals surface area contributed by atoms with Gasteiger partial charge in [0.2, 0.25) is 0 Å². The molecule has 1 aliphatic rings. The molecular weight excluding hydrogens is 362 g/mol. The predicted octanol–water partition coefficient (Wildman–Crippen LogP) is 2.08. The standard InChI is InChI=1S/C13H14BrNO3S2/c1-3-5-15(10-4-6-20(17,18)8-10)13(16)11-7-9(2)12(14)19-11/h1,7,10H,4-6,8H2,2H3. The Morgan fingerprint density at radius 2 is 2.35 bits per heavy atom. The molecule has 1 aromatic rings. The first-order chi connectivity index (χ1) is 9.34. The molecule has 20 heavy (non-hydrogen) atoms. The molecule has 1 aliphatic heterocycles. The summed E-state index contributed by atoms with van der Waals surface area (Å²) < 4.78 is 24.0. The highest BCUT2D eigenvalue weighted by Gasteiger charge is 2.35. The summed E-state index contributed by atoms with van der Waals surface area (Å²) in [4.78, 5) is 14.6. The maximum atomic E-state index is 12.5. The van der Waals surface area contributed by atoms with Gasteiger partial charge in [-0.15, -0.1) is 17.8 Å². The Morgan fingerprint density at radius 3 is 2.80 bits per heavy atom. The van der Waals surface area contributed by atoms with Crippen molar-refractivity contribution in [2.75, 3.05) is 18.1 Å². The number of rotatable bonds is 3. The zero-order valence-corrected chi connectivity index (χ0v) is 14.1. The molecule has 1 amide bonds. The third-order valence-electron chi connectivity index (χ3n) is 3.24. The Kier molecular flexibility index (Phi) is 4.57. The van der Waals surface area contributed by atoms with Crippen molar-refractivity contribution >= 4 is 43.0 Å². The molecule has 4 nitrogen and oxygen atoms in total. The minimum Gasteiger partial charge on any atom is -0.323 e. The lowest BCUT2D eigenvalue weighted by molar-refractivity contribution is 0.0729. The molecule has 0 spiro atoms. The fraction of sp³-hybridized carbons (Fsp3) is 0.462. The average Bonchev–Trinajstić information content (AvgIpc) is 2.89. The highest BCUT2D eigenvalue weighted by molar-refractivity contribution is 9.11. The average molecular weight is 376 g/mol.